The topological polar surface area (TPSA) is 199 Å². The van der Waals surface area contributed by atoms with E-state index >= 15 is 0 Å². The van der Waals surface area contributed by atoms with Crippen LogP contribution in [0.5, 0.6) is 0 Å². The first-order chi connectivity index (χ1) is 16.8. The number of benzene rings is 3. The molecule has 1 aliphatic carbocycles. The number of anilines is 3. The summed E-state index contributed by atoms with van der Waals surface area (Å²) in [5, 5.41) is 5.33. The van der Waals surface area contributed by atoms with Gasteiger partial charge in [-0.3, -0.25) is 18.9 Å². The summed E-state index contributed by atoms with van der Waals surface area (Å²) in [6.07, 6.45) is 0. The van der Waals surface area contributed by atoms with Gasteiger partial charge in [0.25, 0.3) is 10.1 Å². The minimum absolute atomic E-state index is 0.0457. The lowest BCUT2D eigenvalue weighted by Crippen LogP contribution is -2.28. The monoisotopic (exact) mass is 531 g/mol. The van der Waals surface area contributed by atoms with Gasteiger partial charge in [0, 0.05) is 29.4 Å². The van der Waals surface area contributed by atoms with Crippen molar-refractivity contribution in [3.8, 4) is 0 Å². The van der Waals surface area contributed by atoms with Gasteiger partial charge in [-0.15, -0.1) is 0 Å². The van der Waals surface area contributed by atoms with E-state index in [-0.39, 0.29) is 28.4 Å². The van der Waals surface area contributed by atoms with Gasteiger partial charge in [0.15, 0.2) is 11.6 Å². The number of carbonyl (C=O) groups excluding carboxylic acids is 3. The van der Waals surface area contributed by atoms with Crippen LogP contribution in [0.25, 0.3) is 0 Å². The Balaban J connectivity index is 2.03. The van der Waals surface area contributed by atoms with Gasteiger partial charge in [0.2, 0.25) is 5.91 Å². The molecule has 0 bridgehead atoms. The number of nitrogens with two attached hydrogens (primary N) is 1. The Kier molecular flexibility index (Phi) is 6.24. The summed E-state index contributed by atoms with van der Waals surface area (Å²) < 4.78 is 63.6. The van der Waals surface area contributed by atoms with E-state index in [1.807, 2.05) is 0 Å². The van der Waals surface area contributed by atoms with E-state index in [2.05, 4.69) is 14.9 Å². The molecule has 0 unspecified atom stereocenters. The number of ketones is 2. The summed E-state index contributed by atoms with van der Waals surface area (Å²) in [7, 11) is -10.4. The second-order valence-electron chi connectivity index (χ2n) is 7.61. The van der Waals surface area contributed by atoms with E-state index in [9.17, 15) is 35.8 Å². The molecule has 0 spiro atoms. The van der Waals surface area contributed by atoms with Gasteiger partial charge >= 0.3 is 10.1 Å². The summed E-state index contributed by atoms with van der Waals surface area (Å²) in [6, 6.07) is 12.2. The molecule has 0 aromatic heterocycles. The molecular weight excluding hydrogens is 514 g/mol. The zero-order valence-electron chi connectivity index (χ0n) is 18.3. The molecule has 4 rings (SSSR count). The third-order valence-corrected chi connectivity index (χ3v) is 7.44. The molecule has 0 heterocycles. The van der Waals surface area contributed by atoms with E-state index in [0.29, 0.717) is 11.8 Å². The van der Waals surface area contributed by atoms with Crippen LogP contribution in [0.4, 0.5) is 17.1 Å². The zero-order chi connectivity index (χ0) is 26.4. The summed E-state index contributed by atoms with van der Waals surface area (Å²) in [5.41, 5.74) is -1.08. The van der Waals surface area contributed by atoms with Crippen LogP contribution in [0.1, 0.15) is 38.8 Å². The van der Waals surface area contributed by atoms with Gasteiger partial charge in [-0.2, -0.15) is 27.0 Å². The predicted molar refractivity (Wildman–Crippen MR) is 126 cm³/mol. The number of nitrogens with one attached hydrogen (secondary N) is 2. The van der Waals surface area contributed by atoms with Crippen LogP contribution >= 0.6 is 0 Å². The smallest absolute Gasteiger partial charge is 0.314 e. The highest BCUT2D eigenvalue weighted by Crippen LogP contribution is 2.41. The van der Waals surface area contributed by atoms with Crippen molar-refractivity contribution in [1.82, 2.24) is 0 Å². The molecule has 3 aromatic carbocycles. The molecule has 5 N–H and O–H groups in total. The minimum Gasteiger partial charge on any atom is -0.355 e. The van der Waals surface area contributed by atoms with Crippen LogP contribution in [0, 0.1) is 0 Å². The van der Waals surface area contributed by atoms with Crippen LogP contribution in [-0.2, 0) is 29.3 Å². The van der Waals surface area contributed by atoms with Gasteiger partial charge in [0.05, 0.1) is 16.8 Å². The van der Waals surface area contributed by atoms with Gasteiger partial charge in [-0.1, -0.05) is 24.3 Å². The number of hydrogen-bond donors (Lipinski definition) is 4. The maximum Gasteiger partial charge on any atom is 0.314 e. The van der Waals surface area contributed by atoms with Crippen molar-refractivity contribution in [1.29, 1.82) is 0 Å². The summed E-state index contributed by atoms with van der Waals surface area (Å²) >= 11 is 0. The molecule has 0 atom stereocenters. The first kappa shape index (κ1) is 25.2. The Labute approximate surface area is 204 Å². The normalized spacial score (nSPS) is 13.1. The number of rotatable bonds is 6. The summed E-state index contributed by atoms with van der Waals surface area (Å²) in [5.74, 6) is 2.77. The largest absolute Gasteiger partial charge is 0.355 e. The molecule has 1 amide bonds. The van der Waals surface area contributed by atoms with Crippen LogP contribution in [0.2, 0.25) is 0 Å². The molecule has 12 nitrogen and oxygen atoms in total. The highest BCUT2D eigenvalue weighted by Gasteiger charge is 2.41. The van der Waals surface area contributed by atoms with Crippen molar-refractivity contribution in [2.24, 2.45) is 5.90 Å². The van der Waals surface area contributed by atoms with Gasteiger partial charge in [0.1, 0.15) is 9.79 Å². The quantitative estimate of drug-likeness (QED) is 0.209. The van der Waals surface area contributed by atoms with E-state index < -0.39 is 52.7 Å². The molecule has 0 saturated heterocycles. The average molecular weight is 532 g/mol. The molecular formula is C22H17N3O9S2. The van der Waals surface area contributed by atoms with E-state index in [1.165, 1.54) is 55.5 Å². The SMILES string of the molecule is CC(=O)Nc1ccc(Nc2cc(S(=O)(=O)O)c(S(=O)(=O)ON)c3c2C(=O)c2ccccc2C3=O)cc1. The van der Waals surface area contributed by atoms with E-state index in [1.54, 1.807) is 0 Å². The Bertz CT molecular complexity index is 1660. The van der Waals surface area contributed by atoms with Crippen LogP contribution in [-0.4, -0.2) is 38.9 Å². The molecule has 1 aliphatic rings. The van der Waals surface area contributed by atoms with Gasteiger partial charge < -0.3 is 10.6 Å². The minimum atomic E-state index is -5.28. The Morgan fingerprint density at radius 1 is 0.889 bits per heavy atom. The number of carbonyl (C=O) groups is 3. The highest BCUT2D eigenvalue weighted by molar-refractivity contribution is 7.89. The van der Waals surface area contributed by atoms with Crippen molar-refractivity contribution in [3.05, 3.63) is 76.9 Å². The van der Waals surface area contributed by atoms with E-state index in [0.717, 1.165) is 0 Å². The average Bonchev–Trinajstić information content (AvgIpc) is 2.82. The molecule has 0 saturated carbocycles. The van der Waals surface area contributed by atoms with Crippen molar-refractivity contribution < 1.29 is 40.1 Å². The Morgan fingerprint density at radius 2 is 1.42 bits per heavy atom. The molecule has 14 heteroatoms. The zero-order valence-corrected chi connectivity index (χ0v) is 19.9. The van der Waals surface area contributed by atoms with Crippen LogP contribution < -0.4 is 16.5 Å². The van der Waals surface area contributed by atoms with Crippen molar-refractivity contribution in [3.63, 3.8) is 0 Å². The molecule has 0 aliphatic heterocycles. The summed E-state index contributed by atoms with van der Waals surface area (Å²) in [4.78, 5) is 35.6. The fourth-order valence-electron chi connectivity index (χ4n) is 3.82. The maximum atomic E-state index is 13.4. The summed E-state index contributed by atoms with van der Waals surface area (Å²) in [6.45, 7) is 1.32. The fourth-order valence-corrected chi connectivity index (χ4v) is 5.89. The predicted octanol–water partition coefficient (Wildman–Crippen LogP) is 1.99. The van der Waals surface area contributed by atoms with Crippen LogP contribution in [0.3, 0.4) is 0 Å². The maximum absolute atomic E-state index is 13.4. The van der Waals surface area contributed by atoms with Crippen molar-refractivity contribution in [2.75, 3.05) is 10.6 Å². The third kappa shape index (κ3) is 4.38. The molecule has 36 heavy (non-hydrogen) atoms. The van der Waals surface area contributed by atoms with Crippen molar-refractivity contribution >= 4 is 54.8 Å². The first-order valence-corrected chi connectivity index (χ1v) is 12.8. The lowest BCUT2D eigenvalue weighted by atomic mass is 9.83. The van der Waals surface area contributed by atoms with E-state index in [4.69, 9.17) is 5.90 Å². The fraction of sp³-hybridized carbons (Fsp3) is 0.0455. The van der Waals surface area contributed by atoms with Gasteiger partial charge in [-0.05, 0) is 30.3 Å². The lowest BCUT2D eigenvalue weighted by molar-refractivity contribution is -0.114. The van der Waals surface area contributed by atoms with Gasteiger partial charge in [-0.25, -0.2) is 0 Å². The van der Waals surface area contributed by atoms with Crippen LogP contribution in [0.15, 0.2) is 64.4 Å². The number of amides is 1. The molecule has 3 aromatic rings. The Morgan fingerprint density at radius 3 is 1.92 bits per heavy atom. The molecule has 0 fully saturated rings. The third-order valence-electron chi connectivity index (χ3n) is 5.25. The highest BCUT2D eigenvalue weighted by atomic mass is 32.2. The second-order valence-corrected chi connectivity index (χ2v) is 10.5. The number of hydrogen-bond acceptors (Lipinski definition) is 10. The standard InChI is InChI=1S/C22H17N3O9S2/c1-11(26)24-12-6-8-13(9-7-12)25-16-10-17(35(29,30)31)22(36(32,33)34-23)19-18(16)20(27)14-4-2-3-5-15(14)21(19)28/h2-10,25H,23H2,1H3,(H,24,26)(H,29,30,31). The first-order valence-electron chi connectivity index (χ1n) is 10.00. The Hall–Kier alpha value is -3.95. The van der Waals surface area contributed by atoms with Crippen molar-refractivity contribution in [2.45, 2.75) is 16.7 Å². The lowest BCUT2D eigenvalue weighted by Gasteiger charge is -2.24. The molecule has 186 valence electrons. The second kappa shape index (κ2) is 8.92. The molecule has 0 radical (unpaired) electrons. The number of fused-ring (bicyclic) bond motifs is 2.